The van der Waals surface area contributed by atoms with Crippen molar-refractivity contribution in [1.82, 2.24) is 10.1 Å². The Hall–Kier alpha value is -2.99. The molecule has 0 saturated carbocycles. The molecule has 1 aliphatic rings. The zero-order chi connectivity index (χ0) is 20.4. The van der Waals surface area contributed by atoms with Crippen molar-refractivity contribution in [2.75, 3.05) is 13.7 Å². The molecule has 7 heteroatoms. The van der Waals surface area contributed by atoms with Crippen LogP contribution in [0.4, 0.5) is 0 Å². The number of nitrogens with zero attached hydrogens (tertiary/aromatic N) is 2. The van der Waals surface area contributed by atoms with Crippen LogP contribution in [0.15, 0.2) is 53.1 Å². The number of hydrogen-bond acceptors (Lipinski definition) is 5. The SMILES string of the molecule is COc1ccc(OC(C)C(=O)N2CCc3c(noc3-c3ccc(Cl)cc3)C2)cc1. The van der Waals surface area contributed by atoms with Gasteiger partial charge >= 0.3 is 0 Å². The largest absolute Gasteiger partial charge is 0.497 e. The van der Waals surface area contributed by atoms with Crippen molar-refractivity contribution in [1.29, 1.82) is 0 Å². The normalized spacial score (nSPS) is 14.2. The number of fused-ring (bicyclic) bond motifs is 1. The number of hydrogen-bond donors (Lipinski definition) is 0. The van der Waals surface area contributed by atoms with E-state index in [4.69, 9.17) is 25.6 Å². The highest BCUT2D eigenvalue weighted by molar-refractivity contribution is 6.30. The first-order chi connectivity index (χ1) is 14.0. The standard InChI is InChI=1S/C22H21ClN2O4/c1-14(28-18-9-7-17(27-2)8-10-18)22(26)25-12-11-19-20(13-25)24-29-21(19)15-3-5-16(23)6-4-15/h3-10,14H,11-13H2,1-2H3. The van der Waals surface area contributed by atoms with Gasteiger partial charge in [-0.05, 0) is 61.9 Å². The molecular formula is C22H21ClN2O4. The summed E-state index contributed by atoms with van der Waals surface area (Å²) in [7, 11) is 1.61. The molecule has 150 valence electrons. The van der Waals surface area contributed by atoms with Crippen LogP contribution in [0.1, 0.15) is 18.2 Å². The Morgan fingerprint density at radius 1 is 1.14 bits per heavy atom. The maximum atomic E-state index is 12.9. The van der Waals surface area contributed by atoms with Crippen LogP contribution in [-0.2, 0) is 17.8 Å². The van der Waals surface area contributed by atoms with Gasteiger partial charge in [0.25, 0.3) is 5.91 Å². The van der Waals surface area contributed by atoms with Gasteiger partial charge in [-0.1, -0.05) is 16.8 Å². The van der Waals surface area contributed by atoms with Crippen LogP contribution in [0.2, 0.25) is 5.02 Å². The van der Waals surface area contributed by atoms with Crippen LogP contribution >= 0.6 is 11.6 Å². The predicted molar refractivity (Wildman–Crippen MR) is 109 cm³/mol. The molecule has 4 rings (SSSR count). The van der Waals surface area contributed by atoms with Crippen LogP contribution in [0, 0.1) is 0 Å². The van der Waals surface area contributed by atoms with Gasteiger partial charge < -0.3 is 18.9 Å². The molecule has 1 amide bonds. The molecule has 6 nitrogen and oxygen atoms in total. The molecule has 0 spiro atoms. The van der Waals surface area contributed by atoms with Gasteiger partial charge in [-0.2, -0.15) is 0 Å². The van der Waals surface area contributed by atoms with Crippen molar-refractivity contribution in [2.24, 2.45) is 0 Å². The molecule has 1 atom stereocenters. The van der Waals surface area contributed by atoms with Gasteiger partial charge in [0, 0.05) is 22.7 Å². The van der Waals surface area contributed by atoms with Crippen LogP contribution in [0.3, 0.4) is 0 Å². The Bertz CT molecular complexity index is 999. The summed E-state index contributed by atoms with van der Waals surface area (Å²) in [6, 6.07) is 14.6. The lowest BCUT2D eigenvalue weighted by Gasteiger charge is -2.28. The Kier molecular flexibility index (Phi) is 5.45. The van der Waals surface area contributed by atoms with Crippen LogP contribution in [0.5, 0.6) is 11.5 Å². The summed E-state index contributed by atoms with van der Waals surface area (Å²) in [4.78, 5) is 14.6. The minimum atomic E-state index is -0.604. The molecule has 1 aliphatic heterocycles. The number of rotatable bonds is 5. The molecule has 1 aromatic heterocycles. The minimum absolute atomic E-state index is 0.0810. The lowest BCUT2D eigenvalue weighted by molar-refractivity contribution is -0.139. The Morgan fingerprint density at radius 2 is 1.83 bits per heavy atom. The zero-order valence-electron chi connectivity index (χ0n) is 16.2. The van der Waals surface area contributed by atoms with E-state index < -0.39 is 6.10 Å². The topological polar surface area (TPSA) is 64.8 Å². The van der Waals surface area contributed by atoms with Gasteiger partial charge in [0.15, 0.2) is 11.9 Å². The molecule has 0 bridgehead atoms. The minimum Gasteiger partial charge on any atom is -0.497 e. The molecule has 0 aliphatic carbocycles. The molecule has 2 heterocycles. The first-order valence-electron chi connectivity index (χ1n) is 9.38. The molecule has 0 fully saturated rings. The van der Waals surface area contributed by atoms with Crippen molar-refractivity contribution < 1.29 is 18.8 Å². The summed E-state index contributed by atoms with van der Waals surface area (Å²) >= 11 is 5.96. The number of carbonyl (C=O) groups excluding carboxylic acids is 1. The first kappa shape index (κ1) is 19.3. The fraction of sp³-hybridized carbons (Fsp3) is 0.273. The van der Waals surface area contributed by atoms with E-state index in [-0.39, 0.29) is 5.91 Å². The van der Waals surface area contributed by atoms with Gasteiger partial charge in [0.2, 0.25) is 0 Å². The van der Waals surface area contributed by atoms with E-state index in [9.17, 15) is 4.79 Å². The van der Waals surface area contributed by atoms with E-state index in [0.29, 0.717) is 30.3 Å². The second kappa shape index (κ2) is 8.17. The van der Waals surface area contributed by atoms with Crippen molar-refractivity contribution in [2.45, 2.75) is 26.0 Å². The fourth-order valence-electron chi connectivity index (χ4n) is 3.41. The average Bonchev–Trinajstić information content (AvgIpc) is 3.17. The van der Waals surface area contributed by atoms with E-state index in [1.165, 1.54) is 0 Å². The number of aromatic nitrogens is 1. The number of benzene rings is 2. The lowest BCUT2D eigenvalue weighted by Crippen LogP contribution is -2.43. The Morgan fingerprint density at radius 3 is 2.52 bits per heavy atom. The van der Waals surface area contributed by atoms with Gasteiger partial charge in [0.05, 0.1) is 13.7 Å². The molecule has 0 N–H and O–H groups in total. The van der Waals surface area contributed by atoms with Gasteiger partial charge in [-0.15, -0.1) is 0 Å². The molecule has 0 radical (unpaired) electrons. The third-order valence-corrected chi connectivity index (χ3v) is 5.23. The van der Waals surface area contributed by atoms with Gasteiger partial charge in [-0.3, -0.25) is 4.79 Å². The molecule has 2 aromatic carbocycles. The highest BCUT2D eigenvalue weighted by Crippen LogP contribution is 2.31. The molecular weight excluding hydrogens is 392 g/mol. The predicted octanol–water partition coefficient (Wildman–Crippen LogP) is 4.36. The second-order valence-corrected chi connectivity index (χ2v) is 7.33. The summed E-state index contributed by atoms with van der Waals surface area (Å²) in [5, 5.41) is 4.87. The lowest BCUT2D eigenvalue weighted by atomic mass is 10.0. The van der Waals surface area contributed by atoms with E-state index in [2.05, 4.69) is 5.16 Å². The van der Waals surface area contributed by atoms with E-state index >= 15 is 0 Å². The summed E-state index contributed by atoms with van der Waals surface area (Å²) in [6.45, 7) is 2.75. The smallest absolute Gasteiger partial charge is 0.263 e. The second-order valence-electron chi connectivity index (χ2n) is 6.89. The summed E-state index contributed by atoms with van der Waals surface area (Å²) in [5.74, 6) is 2.02. The van der Waals surface area contributed by atoms with Crippen LogP contribution in [-0.4, -0.2) is 35.7 Å². The number of amides is 1. The highest BCUT2D eigenvalue weighted by atomic mass is 35.5. The number of carbonyl (C=O) groups is 1. The first-order valence-corrected chi connectivity index (χ1v) is 9.76. The molecule has 3 aromatic rings. The fourth-order valence-corrected chi connectivity index (χ4v) is 3.54. The average molecular weight is 413 g/mol. The van der Waals surface area contributed by atoms with E-state index in [1.54, 1.807) is 43.2 Å². The number of halogens is 1. The highest BCUT2D eigenvalue weighted by Gasteiger charge is 2.30. The zero-order valence-corrected chi connectivity index (χ0v) is 17.0. The summed E-state index contributed by atoms with van der Waals surface area (Å²) in [6.07, 6.45) is 0.0743. The van der Waals surface area contributed by atoms with Crippen LogP contribution in [0.25, 0.3) is 11.3 Å². The van der Waals surface area contributed by atoms with Crippen LogP contribution < -0.4 is 9.47 Å². The Labute approximate surface area is 174 Å². The summed E-state index contributed by atoms with van der Waals surface area (Å²) < 4.78 is 16.5. The quantitative estimate of drug-likeness (QED) is 0.623. The van der Waals surface area contributed by atoms with Crippen molar-refractivity contribution in [3.8, 4) is 22.8 Å². The van der Waals surface area contributed by atoms with E-state index in [1.807, 2.05) is 24.3 Å². The molecule has 29 heavy (non-hydrogen) atoms. The third-order valence-electron chi connectivity index (χ3n) is 4.98. The van der Waals surface area contributed by atoms with Gasteiger partial charge in [0.1, 0.15) is 17.2 Å². The number of ether oxygens (including phenoxy) is 2. The maximum Gasteiger partial charge on any atom is 0.263 e. The van der Waals surface area contributed by atoms with Crippen molar-refractivity contribution in [3.05, 3.63) is 64.8 Å². The van der Waals surface area contributed by atoms with Crippen molar-refractivity contribution in [3.63, 3.8) is 0 Å². The molecule has 0 saturated heterocycles. The van der Waals surface area contributed by atoms with Gasteiger partial charge in [-0.25, -0.2) is 0 Å². The number of methoxy groups -OCH3 is 1. The van der Waals surface area contributed by atoms with Crippen molar-refractivity contribution >= 4 is 17.5 Å². The summed E-state index contributed by atoms with van der Waals surface area (Å²) in [5.41, 5.74) is 2.76. The maximum absolute atomic E-state index is 12.9. The monoisotopic (exact) mass is 412 g/mol. The molecule has 1 unspecified atom stereocenters. The van der Waals surface area contributed by atoms with E-state index in [0.717, 1.165) is 28.3 Å². The third kappa shape index (κ3) is 4.07. The Balaban J connectivity index is 1.43.